The summed E-state index contributed by atoms with van der Waals surface area (Å²) in [5.41, 5.74) is 5.27. The molecule has 0 aliphatic heterocycles. The van der Waals surface area contributed by atoms with Gasteiger partial charge in [0.25, 0.3) is 0 Å². The van der Waals surface area contributed by atoms with Crippen molar-refractivity contribution in [3.05, 3.63) is 78.6 Å². The molecule has 26 heavy (non-hydrogen) atoms. The monoisotopic (exact) mass is 341 g/mol. The molecule has 0 saturated carbocycles. The molecule has 0 fully saturated rings. The zero-order valence-electron chi connectivity index (χ0n) is 13.7. The van der Waals surface area contributed by atoms with Crippen molar-refractivity contribution in [2.45, 2.75) is 0 Å². The standard InChI is InChI=1S/C20H15N5O/c26-18-8-4-1-5-15(18)13-22-25-20-16-6-2-3-7-17(16)23-19(24-20)14-9-11-21-12-10-14/h1-13,26H,(H,23,24,25)/b22-13+. The summed E-state index contributed by atoms with van der Waals surface area (Å²) in [5.74, 6) is 1.35. The number of phenolic OH excluding ortho intramolecular Hbond substituents is 1. The molecule has 6 heteroatoms. The number of rotatable bonds is 4. The molecular weight excluding hydrogens is 326 g/mol. The van der Waals surface area contributed by atoms with Gasteiger partial charge in [-0.25, -0.2) is 9.97 Å². The number of para-hydroxylation sites is 2. The molecule has 4 aromatic rings. The summed E-state index contributed by atoms with van der Waals surface area (Å²) in [6, 6.07) is 18.4. The zero-order chi connectivity index (χ0) is 17.8. The van der Waals surface area contributed by atoms with E-state index in [0.717, 1.165) is 16.5 Å². The molecule has 2 N–H and O–H groups in total. The first-order valence-corrected chi connectivity index (χ1v) is 8.05. The normalized spacial score (nSPS) is 11.1. The molecular formula is C20H15N5O. The fraction of sp³-hybridized carbons (Fsp3) is 0. The van der Waals surface area contributed by atoms with E-state index in [-0.39, 0.29) is 5.75 Å². The molecule has 2 heterocycles. The van der Waals surface area contributed by atoms with Crippen LogP contribution >= 0.6 is 0 Å². The lowest BCUT2D eigenvalue weighted by Gasteiger charge is -2.08. The van der Waals surface area contributed by atoms with Crippen LogP contribution in [0.3, 0.4) is 0 Å². The SMILES string of the molecule is Oc1ccccc1/C=N/Nc1nc(-c2ccncc2)nc2ccccc12. The predicted octanol–water partition coefficient (Wildman–Crippen LogP) is 3.84. The molecule has 0 amide bonds. The van der Waals surface area contributed by atoms with E-state index in [2.05, 4.69) is 25.5 Å². The lowest BCUT2D eigenvalue weighted by molar-refractivity contribution is 0.474. The van der Waals surface area contributed by atoms with E-state index >= 15 is 0 Å². The van der Waals surface area contributed by atoms with Crippen molar-refractivity contribution >= 4 is 22.9 Å². The van der Waals surface area contributed by atoms with E-state index in [9.17, 15) is 5.11 Å². The van der Waals surface area contributed by atoms with Crippen molar-refractivity contribution in [1.29, 1.82) is 0 Å². The second-order valence-corrected chi connectivity index (χ2v) is 5.58. The second-order valence-electron chi connectivity index (χ2n) is 5.58. The second kappa shape index (κ2) is 6.98. The Kier molecular flexibility index (Phi) is 4.22. The lowest BCUT2D eigenvalue weighted by Crippen LogP contribution is -1.99. The Morgan fingerprint density at radius 2 is 1.65 bits per heavy atom. The summed E-state index contributed by atoms with van der Waals surface area (Å²) in [4.78, 5) is 13.2. The molecule has 0 aliphatic rings. The Labute approximate surface area is 149 Å². The van der Waals surface area contributed by atoms with Crippen LogP contribution in [0.25, 0.3) is 22.3 Å². The molecule has 4 rings (SSSR count). The van der Waals surface area contributed by atoms with Crippen LogP contribution in [0.15, 0.2) is 78.2 Å². The van der Waals surface area contributed by atoms with E-state index in [4.69, 9.17) is 0 Å². The fourth-order valence-electron chi connectivity index (χ4n) is 2.55. The molecule has 2 aromatic carbocycles. The smallest absolute Gasteiger partial charge is 0.162 e. The van der Waals surface area contributed by atoms with Crippen LogP contribution in [0.4, 0.5) is 5.82 Å². The van der Waals surface area contributed by atoms with E-state index < -0.39 is 0 Å². The van der Waals surface area contributed by atoms with Crippen molar-refractivity contribution < 1.29 is 5.11 Å². The maximum Gasteiger partial charge on any atom is 0.162 e. The van der Waals surface area contributed by atoms with Gasteiger partial charge in [-0.3, -0.25) is 10.4 Å². The van der Waals surface area contributed by atoms with Gasteiger partial charge in [0, 0.05) is 28.9 Å². The van der Waals surface area contributed by atoms with Crippen molar-refractivity contribution in [3.8, 4) is 17.1 Å². The minimum Gasteiger partial charge on any atom is -0.507 e. The topological polar surface area (TPSA) is 83.3 Å². The van der Waals surface area contributed by atoms with Gasteiger partial charge in [-0.2, -0.15) is 5.10 Å². The summed E-state index contributed by atoms with van der Waals surface area (Å²) in [7, 11) is 0. The first-order chi connectivity index (χ1) is 12.8. The summed E-state index contributed by atoms with van der Waals surface area (Å²) in [6.07, 6.45) is 4.97. The molecule has 0 atom stereocenters. The highest BCUT2D eigenvalue weighted by atomic mass is 16.3. The Hall–Kier alpha value is -3.80. The van der Waals surface area contributed by atoms with Gasteiger partial charge in [-0.15, -0.1) is 0 Å². The summed E-state index contributed by atoms with van der Waals surface area (Å²) >= 11 is 0. The van der Waals surface area contributed by atoms with Crippen molar-refractivity contribution in [1.82, 2.24) is 15.0 Å². The number of hydrogen-bond donors (Lipinski definition) is 2. The molecule has 0 saturated heterocycles. The number of nitrogens with zero attached hydrogens (tertiary/aromatic N) is 4. The number of benzene rings is 2. The van der Waals surface area contributed by atoms with Gasteiger partial charge < -0.3 is 5.11 Å². The molecule has 6 nitrogen and oxygen atoms in total. The van der Waals surface area contributed by atoms with Crippen LogP contribution in [0, 0.1) is 0 Å². The number of pyridine rings is 1. The molecule has 0 radical (unpaired) electrons. The van der Waals surface area contributed by atoms with E-state index in [1.165, 1.54) is 0 Å². The third-order valence-electron chi connectivity index (χ3n) is 3.85. The van der Waals surface area contributed by atoms with Crippen LogP contribution in [0.2, 0.25) is 0 Å². The highest BCUT2D eigenvalue weighted by Crippen LogP contribution is 2.24. The molecule has 126 valence electrons. The van der Waals surface area contributed by atoms with Gasteiger partial charge >= 0.3 is 0 Å². The Morgan fingerprint density at radius 1 is 0.885 bits per heavy atom. The first-order valence-electron chi connectivity index (χ1n) is 8.05. The summed E-state index contributed by atoms with van der Waals surface area (Å²) in [5, 5.41) is 14.9. The largest absolute Gasteiger partial charge is 0.507 e. The van der Waals surface area contributed by atoms with Gasteiger partial charge in [0.2, 0.25) is 0 Å². The van der Waals surface area contributed by atoms with Crippen molar-refractivity contribution in [2.75, 3.05) is 5.43 Å². The van der Waals surface area contributed by atoms with Crippen molar-refractivity contribution in [2.24, 2.45) is 5.10 Å². The third-order valence-corrected chi connectivity index (χ3v) is 3.85. The van der Waals surface area contributed by atoms with Gasteiger partial charge in [-0.1, -0.05) is 24.3 Å². The number of phenols is 1. The number of anilines is 1. The third kappa shape index (κ3) is 3.21. The van der Waals surface area contributed by atoms with Gasteiger partial charge in [-0.05, 0) is 36.4 Å². The highest BCUT2D eigenvalue weighted by molar-refractivity contribution is 5.91. The lowest BCUT2D eigenvalue weighted by atomic mass is 10.2. The molecule has 0 aliphatic carbocycles. The number of hydrogen-bond acceptors (Lipinski definition) is 6. The Balaban J connectivity index is 1.73. The van der Waals surface area contributed by atoms with Crippen LogP contribution in [0.5, 0.6) is 5.75 Å². The number of nitrogens with one attached hydrogen (secondary N) is 1. The summed E-state index contributed by atoms with van der Waals surface area (Å²) in [6.45, 7) is 0. The average Bonchev–Trinajstić information content (AvgIpc) is 2.70. The maximum atomic E-state index is 9.82. The van der Waals surface area contributed by atoms with Gasteiger partial charge in [0.05, 0.1) is 11.7 Å². The molecule has 0 spiro atoms. The maximum absolute atomic E-state index is 9.82. The van der Waals surface area contributed by atoms with Crippen LogP contribution < -0.4 is 5.43 Å². The zero-order valence-corrected chi connectivity index (χ0v) is 13.7. The molecule has 0 bridgehead atoms. The van der Waals surface area contributed by atoms with E-state index in [1.54, 1.807) is 36.8 Å². The number of hydrazone groups is 1. The minimum absolute atomic E-state index is 0.170. The van der Waals surface area contributed by atoms with Crippen LogP contribution in [-0.4, -0.2) is 26.3 Å². The quantitative estimate of drug-likeness (QED) is 0.435. The van der Waals surface area contributed by atoms with Crippen molar-refractivity contribution in [3.63, 3.8) is 0 Å². The predicted molar refractivity (Wildman–Crippen MR) is 102 cm³/mol. The first kappa shape index (κ1) is 15.7. The number of fused-ring (bicyclic) bond motifs is 1. The van der Waals surface area contributed by atoms with E-state index in [0.29, 0.717) is 17.2 Å². The van der Waals surface area contributed by atoms with Gasteiger partial charge in [0.15, 0.2) is 11.6 Å². The highest BCUT2D eigenvalue weighted by Gasteiger charge is 2.08. The number of aromatic hydroxyl groups is 1. The Morgan fingerprint density at radius 3 is 2.50 bits per heavy atom. The van der Waals surface area contributed by atoms with Crippen LogP contribution in [-0.2, 0) is 0 Å². The number of aromatic nitrogens is 3. The molecule has 2 aromatic heterocycles. The van der Waals surface area contributed by atoms with Gasteiger partial charge in [0.1, 0.15) is 5.75 Å². The Bertz CT molecular complexity index is 1080. The van der Waals surface area contributed by atoms with Crippen LogP contribution in [0.1, 0.15) is 5.56 Å². The minimum atomic E-state index is 0.170. The molecule has 0 unspecified atom stereocenters. The average molecular weight is 341 g/mol. The fourth-order valence-corrected chi connectivity index (χ4v) is 2.55. The summed E-state index contributed by atoms with van der Waals surface area (Å²) < 4.78 is 0. The van der Waals surface area contributed by atoms with E-state index in [1.807, 2.05) is 42.5 Å².